The van der Waals surface area contributed by atoms with Gasteiger partial charge in [0.15, 0.2) is 0 Å². The number of hydrogen-bond donors (Lipinski definition) is 1. The van der Waals surface area contributed by atoms with Gasteiger partial charge in [0.25, 0.3) is 0 Å². The monoisotopic (exact) mass is 239 g/mol. The molecule has 0 amide bonds. The van der Waals surface area contributed by atoms with Gasteiger partial charge in [-0.3, -0.25) is 0 Å². The van der Waals surface area contributed by atoms with Crippen LogP contribution in [0.5, 0.6) is 0 Å². The Kier molecular flexibility index (Phi) is 3.84. The maximum absolute atomic E-state index is 6.43. The van der Waals surface area contributed by atoms with E-state index in [1.165, 1.54) is 38.5 Å². The van der Waals surface area contributed by atoms with Crippen LogP contribution in [0, 0.1) is 11.3 Å². The lowest BCUT2D eigenvalue weighted by Crippen LogP contribution is -2.44. The van der Waals surface area contributed by atoms with E-state index >= 15 is 0 Å². The molecule has 2 rings (SSSR count). The van der Waals surface area contributed by atoms with Crippen molar-refractivity contribution in [3.05, 3.63) is 0 Å². The normalized spacial score (nSPS) is 30.7. The molecule has 0 aromatic rings. The maximum Gasteiger partial charge on any atom is 0.0685 e. The molecule has 0 aromatic heterocycles. The zero-order valence-corrected chi connectivity index (χ0v) is 11.8. The summed E-state index contributed by atoms with van der Waals surface area (Å²) in [4.78, 5) is 0. The average Bonchev–Trinajstić information content (AvgIpc) is 2.64. The lowest BCUT2D eigenvalue weighted by Gasteiger charge is -2.41. The third-order valence-corrected chi connectivity index (χ3v) is 4.50. The summed E-state index contributed by atoms with van der Waals surface area (Å²) in [5.74, 6) is 0.682. The van der Waals surface area contributed by atoms with E-state index in [0.717, 1.165) is 13.0 Å². The molecule has 2 aliphatic rings. The lowest BCUT2D eigenvalue weighted by molar-refractivity contribution is -0.0975. The van der Waals surface area contributed by atoms with Crippen molar-refractivity contribution < 1.29 is 4.74 Å². The Balaban J connectivity index is 1.92. The van der Waals surface area contributed by atoms with E-state index in [0.29, 0.717) is 17.4 Å². The first-order valence-electron chi connectivity index (χ1n) is 7.30. The summed E-state index contributed by atoms with van der Waals surface area (Å²) in [5, 5.41) is 0. The van der Waals surface area contributed by atoms with Crippen molar-refractivity contribution in [2.24, 2.45) is 17.1 Å². The molecule has 2 unspecified atom stereocenters. The molecule has 2 atom stereocenters. The van der Waals surface area contributed by atoms with Crippen molar-refractivity contribution in [2.75, 3.05) is 6.61 Å². The van der Waals surface area contributed by atoms with Crippen molar-refractivity contribution in [3.8, 4) is 0 Å². The van der Waals surface area contributed by atoms with E-state index in [9.17, 15) is 0 Å². The van der Waals surface area contributed by atoms with Crippen LogP contribution in [-0.2, 0) is 4.74 Å². The number of hydrogen-bond acceptors (Lipinski definition) is 2. The summed E-state index contributed by atoms with van der Waals surface area (Å²) >= 11 is 0. The van der Waals surface area contributed by atoms with Crippen molar-refractivity contribution in [1.82, 2.24) is 0 Å². The Labute approximate surface area is 106 Å². The summed E-state index contributed by atoms with van der Waals surface area (Å²) in [6, 6.07) is 0.358. The highest BCUT2D eigenvalue weighted by molar-refractivity contribution is 4.94. The fraction of sp³-hybridized carbons (Fsp3) is 1.00. The Morgan fingerprint density at radius 3 is 2.53 bits per heavy atom. The van der Waals surface area contributed by atoms with Crippen molar-refractivity contribution in [1.29, 1.82) is 0 Å². The molecule has 1 aliphatic carbocycles. The van der Waals surface area contributed by atoms with Crippen LogP contribution in [0.15, 0.2) is 0 Å². The molecule has 2 N–H and O–H groups in total. The second-order valence-electron chi connectivity index (χ2n) is 7.42. The predicted molar refractivity (Wildman–Crippen MR) is 71.9 cm³/mol. The average molecular weight is 239 g/mol. The molecule has 1 heterocycles. The van der Waals surface area contributed by atoms with Gasteiger partial charge in [0.1, 0.15) is 0 Å². The van der Waals surface area contributed by atoms with E-state index in [1.54, 1.807) is 0 Å². The summed E-state index contributed by atoms with van der Waals surface area (Å²) in [6.07, 6.45) is 8.75. The Hall–Kier alpha value is -0.0800. The van der Waals surface area contributed by atoms with E-state index in [-0.39, 0.29) is 5.60 Å². The Morgan fingerprint density at radius 2 is 1.94 bits per heavy atom. The van der Waals surface area contributed by atoms with Crippen LogP contribution >= 0.6 is 0 Å². The molecular formula is C15H29NO. The van der Waals surface area contributed by atoms with Crippen LogP contribution in [-0.4, -0.2) is 18.2 Å². The van der Waals surface area contributed by atoms with E-state index in [2.05, 4.69) is 20.8 Å². The van der Waals surface area contributed by atoms with Gasteiger partial charge in [0.2, 0.25) is 0 Å². The van der Waals surface area contributed by atoms with Gasteiger partial charge in [-0.2, -0.15) is 0 Å². The summed E-state index contributed by atoms with van der Waals surface area (Å²) in [6.45, 7) is 7.80. The van der Waals surface area contributed by atoms with Crippen LogP contribution < -0.4 is 5.73 Å². The summed E-state index contributed by atoms with van der Waals surface area (Å²) < 4.78 is 6.08. The van der Waals surface area contributed by atoms with Crippen LogP contribution in [0.25, 0.3) is 0 Å². The second-order valence-corrected chi connectivity index (χ2v) is 7.42. The van der Waals surface area contributed by atoms with Crippen molar-refractivity contribution in [2.45, 2.75) is 77.4 Å². The molecule has 1 aliphatic heterocycles. The molecule has 1 spiro atoms. The minimum absolute atomic E-state index is 0.221. The van der Waals surface area contributed by atoms with Crippen molar-refractivity contribution >= 4 is 0 Å². The minimum atomic E-state index is 0.221. The molecule has 1 saturated carbocycles. The zero-order chi connectivity index (χ0) is 12.5. The highest BCUT2D eigenvalue weighted by atomic mass is 16.5. The zero-order valence-electron chi connectivity index (χ0n) is 11.8. The summed E-state index contributed by atoms with van der Waals surface area (Å²) in [7, 11) is 0. The van der Waals surface area contributed by atoms with Crippen LogP contribution in [0.1, 0.15) is 65.7 Å². The van der Waals surface area contributed by atoms with Gasteiger partial charge in [-0.25, -0.2) is 0 Å². The summed E-state index contributed by atoms with van der Waals surface area (Å²) in [5.41, 5.74) is 7.00. The van der Waals surface area contributed by atoms with Crippen LogP contribution in [0.2, 0.25) is 0 Å². The standard InChI is InChI=1S/C15H29NO/c1-14(2,3)11-13(16)12-6-9-17-15(10-12)7-4-5-8-15/h12-13H,4-11,16H2,1-3H3. The highest BCUT2D eigenvalue weighted by Crippen LogP contribution is 2.43. The van der Waals surface area contributed by atoms with Crippen LogP contribution in [0.3, 0.4) is 0 Å². The van der Waals surface area contributed by atoms with E-state index in [1.807, 2.05) is 0 Å². The minimum Gasteiger partial charge on any atom is -0.375 e. The molecule has 0 bridgehead atoms. The molecule has 1 saturated heterocycles. The first kappa shape index (κ1) is 13.4. The molecule has 2 fully saturated rings. The number of nitrogens with two attached hydrogens (primary N) is 1. The number of ether oxygens (including phenoxy) is 1. The lowest BCUT2D eigenvalue weighted by atomic mass is 9.76. The highest BCUT2D eigenvalue weighted by Gasteiger charge is 2.41. The predicted octanol–water partition coefficient (Wildman–Crippen LogP) is 3.49. The number of rotatable bonds is 2. The van der Waals surface area contributed by atoms with Gasteiger partial charge in [-0.1, -0.05) is 33.6 Å². The van der Waals surface area contributed by atoms with Crippen LogP contribution in [0.4, 0.5) is 0 Å². The van der Waals surface area contributed by atoms with Gasteiger partial charge in [-0.05, 0) is 43.4 Å². The smallest absolute Gasteiger partial charge is 0.0685 e. The van der Waals surface area contributed by atoms with E-state index < -0.39 is 0 Å². The third-order valence-electron chi connectivity index (χ3n) is 4.50. The topological polar surface area (TPSA) is 35.2 Å². The quantitative estimate of drug-likeness (QED) is 0.800. The van der Waals surface area contributed by atoms with E-state index in [4.69, 9.17) is 10.5 Å². The SMILES string of the molecule is CC(C)(C)CC(N)C1CCOC2(CCCC2)C1. The Morgan fingerprint density at radius 1 is 1.29 bits per heavy atom. The van der Waals surface area contributed by atoms with Gasteiger partial charge in [0, 0.05) is 12.6 Å². The second kappa shape index (κ2) is 4.89. The molecule has 0 aromatic carbocycles. The molecular weight excluding hydrogens is 210 g/mol. The van der Waals surface area contributed by atoms with Gasteiger partial charge in [0.05, 0.1) is 5.60 Å². The van der Waals surface area contributed by atoms with Crippen molar-refractivity contribution in [3.63, 3.8) is 0 Å². The molecule has 0 radical (unpaired) electrons. The van der Waals surface area contributed by atoms with Gasteiger partial charge in [-0.15, -0.1) is 0 Å². The van der Waals surface area contributed by atoms with Gasteiger partial charge < -0.3 is 10.5 Å². The third kappa shape index (κ3) is 3.45. The molecule has 2 nitrogen and oxygen atoms in total. The fourth-order valence-electron chi connectivity index (χ4n) is 3.67. The Bertz CT molecular complexity index is 250. The molecule has 17 heavy (non-hydrogen) atoms. The van der Waals surface area contributed by atoms with Gasteiger partial charge >= 0.3 is 0 Å². The molecule has 2 heteroatoms. The molecule has 100 valence electrons. The fourth-order valence-corrected chi connectivity index (χ4v) is 3.67. The first-order chi connectivity index (χ1) is 7.90. The largest absolute Gasteiger partial charge is 0.375 e. The first-order valence-corrected chi connectivity index (χ1v) is 7.30. The maximum atomic E-state index is 6.43.